The zero-order valence-corrected chi connectivity index (χ0v) is 17.5. The highest BCUT2D eigenvalue weighted by Gasteiger charge is 2.08. The minimum Gasteiger partial charge on any atom is -0.491 e. The molecule has 2 aromatic carbocycles. The third-order valence-corrected chi connectivity index (χ3v) is 3.91. The Balaban J connectivity index is 2.12. The molecule has 0 bridgehead atoms. The number of hydrogen-bond acceptors (Lipinski definition) is 4. The predicted molar refractivity (Wildman–Crippen MR) is 112 cm³/mol. The molecule has 5 nitrogen and oxygen atoms in total. The number of nitrogens with one attached hydrogen (secondary N) is 1. The second-order valence-corrected chi connectivity index (χ2v) is 7.48. The van der Waals surface area contributed by atoms with Crippen molar-refractivity contribution in [1.82, 2.24) is 5.43 Å². The molecule has 0 saturated heterocycles. The summed E-state index contributed by atoms with van der Waals surface area (Å²) in [6, 6.07) is 12.8. The Bertz CT molecular complexity index is 771. The van der Waals surface area contributed by atoms with E-state index in [4.69, 9.17) is 9.47 Å². The molecule has 0 heterocycles. The molecule has 1 amide bonds. The number of halogens is 1. The summed E-state index contributed by atoms with van der Waals surface area (Å²) >= 11 is 2.19. The van der Waals surface area contributed by atoms with Gasteiger partial charge in [-0.05, 0) is 86.7 Å². The molecule has 0 spiro atoms. The Hall–Kier alpha value is -2.09. The zero-order chi connectivity index (χ0) is 19.1. The summed E-state index contributed by atoms with van der Waals surface area (Å²) < 4.78 is 12.6. The number of hydrogen-bond donors (Lipinski definition) is 1. The Morgan fingerprint density at radius 2 is 1.69 bits per heavy atom. The van der Waals surface area contributed by atoms with Crippen LogP contribution in [0.3, 0.4) is 0 Å². The Morgan fingerprint density at radius 1 is 1.04 bits per heavy atom. The first-order chi connectivity index (χ1) is 12.3. The molecule has 0 aliphatic heterocycles. The summed E-state index contributed by atoms with van der Waals surface area (Å²) in [5.74, 6) is 1.13. The van der Waals surface area contributed by atoms with Crippen LogP contribution in [0.5, 0.6) is 11.5 Å². The van der Waals surface area contributed by atoms with Crippen molar-refractivity contribution < 1.29 is 14.3 Å². The summed E-state index contributed by atoms with van der Waals surface area (Å²) in [6.07, 6.45) is 1.66. The van der Waals surface area contributed by atoms with E-state index in [1.165, 1.54) is 0 Å². The number of ether oxygens (including phenoxy) is 2. The molecule has 0 aliphatic carbocycles. The van der Waals surface area contributed by atoms with E-state index in [9.17, 15) is 4.79 Å². The van der Waals surface area contributed by atoms with Crippen molar-refractivity contribution in [3.63, 3.8) is 0 Å². The Morgan fingerprint density at radius 3 is 2.31 bits per heavy atom. The summed E-state index contributed by atoms with van der Waals surface area (Å²) in [5.41, 5.74) is 3.85. The topological polar surface area (TPSA) is 59.9 Å². The maximum atomic E-state index is 12.1. The van der Waals surface area contributed by atoms with Gasteiger partial charge in [-0.1, -0.05) is 0 Å². The normalized spacial score (nSPS) is 11.2. The third kappa shape index (κ3) is 6.33. The van der Waals surface area contributed by atoms with Gasteiger partial charge in [0.05, 0.1) is 18.4 Å². The monoisotopic (exact) mass is 466 g/mol. The third-order valence-electron chi connectivity index (χ3n) is 3.20. The maximum Gasteiger partial charge on any atom is 0.271 e. The largest absolute Gasteiger partial charge is 0.491 e. The predicted octanol–water partition coefficient (Wildman–Crippen LogP) is 4.63. The molecule has 1 N–H and O–H groups in total. The van der Waals surface area contributed by atoms with Crippen LogP contribution >= 0.6 is 22.6 Å². The molecule has 0 aromatic heterocycles. The summed E-state index contributed by atoms with van der Waals surface area (Å²) in [6.45, 7) is 7.85. The van der Waals surface area contributed by atoms with Crippen LogP contribution in [0.4, 0.5) is 0 Å². The van der Waals surface area contributed by atoms with Crippen LogP contribution in [0.15, 0.2) is 47.6 Å². The smallest absolute Gasteiger partial charge is 0.271 e. The van der Waals surface area contributed by atoms with E-state index >= 15 is 0 Å². The van der Waals surface area contributed by atoms with Gasteiger partial charge in [0.15, 0.2) is 0 Å². The molecule has 0 fully saturated rings. The fourth-order valence-corrected chi connectivity index (χ4v) is 2.51. The lowest BCUT2D eigenvalue weighted by Crippen LogP contribution is -2.17. The molecule has 0 atom stereocenters. The molecule has 138 valence electrons. The average molecular weight is 466 g/mol. The minimum atomic E-state index is -0.260. The van der Waals surface area contributed by atoms with Crippen molar-refractivity contribution in [2.24, 2.45) is 5.10 Å². The van der Waals surface area contributed by atoms with Crippen molar-refractivity contribution in [1.29, 1.82) is 0 Å². The molecule has 0 saturated carbocycles. The molecule has 0 radical (unpaired) electrons. The number of hydrazone groups is 1. The summed E-state index contributed by atoms with van der Waals surface area (Å²) in [7, 11) is 0. The first-order valence-corrected chi connectivity index (χ1v) is 9.49. The molecule has 6 heteroatoms. The molecular formula is C20H23IN2O3. The van der Waals surface area contributed by atoms with Gasteiger partial charge in [-0.15, -0.1) is 0 Å². The van der Waals surface area contributed by atoms with Crippen LogP contribution in [0.2, 0.25) is 0 Å². The van der Waals surface area contributed by atoms with Crippen molar-refractivity contribution in [3.05, 3.63) is 57.2 Å². The number of carbonyl (C=O) groups excluding carboxylic acids is 1. The highest BCUT2D eigenvalue weighted by Crippen LogP contribution is 2.25. The van der Waals surface area contributed by atoms with E-state index in [1.807, 2.05) is 58.0 Å². The lowest BCUT2D eigenvalue weighted by molar-refractivity contribution is 0.0955. The van der Waals surface area contributed by atoms with Gasteiger partial charge >= 0.3 is 0 Å². The van der Waals surface area contributed by atoms with E-state index in [0.717, 1.165) is 14.9 Å². The van der Waals surface area contributed by atoms with Gasteiger partial charge in [0.25, 0.3) is 5.91 Å². The van der Waals surface area contributed by atoms with Gasteiger partial charge in [-0.25, -0.2) is 5.43 Å². The highest BCUT2D eigenvalue weighted by atomic mass is 127. The lowest BCUT2D eigenvalue weighted by atomic mass is 10.2. The van der Waals surface area contributed by atoms with Gasteiger partial charge in [0.1, 0.15) is 11.5 Å². The quantitative estimate of drug-likeness (QED) is 0.368. The van der Waals surface area contributed by atoms with Crippen LogP contribution in [0.1, 0.15) is 43.6 Å². The van der Waals surface area contributed by atoms with Crippen LogP contribution < -0.4 is 14.9 Å². The van der Waals surface area contributed by atoms with E-state index in [-0.39, 0.29) is 18.1 Å². The second kappa shape index (κ2) is 9.56. The summed E-state index contributed by atoms with van der Waals surface area (Å²) in [4.78, 5) is 12.1. The van der Waals surface area contributed by atoms with Crippen LogP contribution in [0, 0.1) is 3.57 Å². The lowest BCUT2D eigenvalue weighted by Gasteiger charge is -2.15. The van der Waals surface area contributed by atoms with Crippen LogP contribution in [-0.4, -0.2) is 24.3 Å². The van der Waals surface area contributed by atoms with Gasteiger partial charge < -0.3 is 9.47 Å². The standard InChI is InChI=1S/C20H23IN2O3/c1-13(2)25-18-10-7-16(19(11-18)26-14(3)4)12-22-23-20(24)15-5-8-17(21)9-6-15/h5-14H,1-4H3,(H,23,24)/b22-12-. The molecule has 26 heavy (non-hydrogen) atoms. The number of carbonyl (C=O) groups is 1. The highest BCUT2D eigenvalue weighted by molar-refractivity contribution is 14.1. The summed E-state index contributed by atoms with van der Waals surface area (Å²) in [5, 5.41) is 4.05. The SMILES string of the molecule is CC(C)Oc1ccc(/C=N\NC(=O)c2ccc(I)cc2)c(OC(C)C)c1. The Labute approximate surface area is 167 Å². The minimum absolute atomic E-state index is 0.0119. The molecule has 2 aromatic rings. The van der Waals surface area contributed by atoms with Gasteiger partial charge in [0, 0.05) is 20.8 Å². The first kappa shape index (κ1) is 20.2. The maximum absolute atomic E-state index is 12.1. The van der Waals surface area contributed by atoms with Gasteiger partial charge in [0.2, 0.25) is 0 Å². The van der Waals surface area contributed by atoms with E-state index in [2.05, 4.69) is 33.1 Å². The first-order valence-electron chi connectivity index (χ1n) is 8.41. The molecule has 0 unspecified atom stereocenters. The van der Waals surface area contributed by atoms with Gasteiger partial charge in [-0.3, -0.25) is 4.79 Å². The van der Waals surface area contributed by atoms with Crippen molar-refractivity contribution in [3.8, 4) is 11.5 Å². The van der Waals surface area contributed by atoms with Crippen molar-refractivity contribution >= 4 is 34.7 Å². The van der Waals surface area contributed by atoms with E-state index < -0.39 is 0 Å². The van der Waals surface area contributed by atoms with Gasteiger partial charge in [-0.2, -0.15) is 5.10 Å². The van der Waals surface area contributed by atoms with Crippen molar-refractivity contribution in [2.75, 3.05) is 0 Å². The molecular weight excluding hydrogens is 443 g/mol. The number of nitrogens with zero attached hydrogens (tertiary/aromatic N) is 1. The van der Waals surface area contributed by atoms with Crippen LogP contribution in [-0.2, 0) is 0 Å². The van der Waals surface area contributed by atoms with E-state index in [0.29, 0.717) is 11.3 Å². The fraction of sp³-hybridized carbons (Fsp3) is 0.300. The fourth-order valence-electron chi connectivity index (χ4n) is 2.15. The van der Waals surface area contributed by atoms with E-state index in [1.54, 1.807) is 18.3 Å². The van der Waals surface area contributed by atoms with Crippen LogP contribution in [0.25, 0.3) is 0 Å². The number of benzene rings is 2. The zero-order valence-electron chi connectivity index (χ0n) is 15.3. The average Bonchev–Trinajstić information content (AvgIpc) is 2.56. The number of rotatable bonds is 7. The molecule has 2 rings (SSSR count). The van der Waals surface area contributed by atoms with Crippen molar-refractivity contribution in [2.45, 2.75) is 39.9 Å². The molecule has 0 aliphatic rings. The Kier molecular flexibility index (Phi) is 7.44. The number of amides is 1. The second-order valence-electron chi connectivity index (χ2n) is 6.24.